The number of likely N-dealkylation sites (tertiary alicyclic amines) is 1. The third-order valence-corrected chi connectivity index (χ3v) is 5.81. The van der Waals surface area contributed by atoms with E-state index in [-0.39, 0.29) is 35.1 Å². The number of urea groups is 1. The fourth-order valence-corrected chi connectivity index (χ4v) is 4.58. The largest absolute Gasteiger partial charge is 0.378 e. The van der Waals surface area contributed by atoms with Gasteiger partial charge in [-0.3, -0.25) is 9.69 Å². The van der Waals surface area contributed by atoms with Crippen LogP contribution >= 0.6 is 0 Å². The Bertz CT molecular complexity index is 766. The molecule has 8 heteroatoms. The lowest BCUT2D eigenvalue weighted by Gasteiger charge is -2.63. The molecule has 1 atom stereocenters. The predicted molar refractivity (Wildman–Crippen MR) is 102 cm³/mol. The number of hydrogen-bond donors (Lipinski definition) is 1. The Balaban J connectivity index is 1.53. The maximum Gasteiger partial charge on any atom is 0.317 e. The van der Waals surface area contributed by atoms with Crippen LogP contribution in [-0.2, 0) is 4.74 Å². The first-order valence-corrected chi connectivity index (χ1v) is 9.83. The first-order chi connectivity index (χ1) is 13.4. The average Bonchev–Trinajstić information content (AvgIpc) is 2.64. The molecule has 3 saturated heterocycles. The molecule has 1 aromatic rings. The van der Waals surface area contributed by atoms with E-state index in [9.17, 15) is 14.0 Å². The van der Waals surface area contributed by atoms with Gasteiger partial charge in [0.1, 0.15) is 5.82 Å². The summed E-state index contributed by atoms with van der Waals surface area (Å²) >= 11 is 0. The monoisotopic (exact) mass is 390 g/mol. The number of piperazine rings is 1. The van der Waals surface area contributed by atoms with E-state index in [0.717, 1.165) is 6.54 Å². The number of nitrogens with zero attached hydrogens (tertiary/aromatic N) is 3. The van der Waals surface area contributed by atoms with Crippen molar-refractivity contribution >= 4 is 11.9 Å². The van der Waals surface area contributed by atoms with Crippen molar-refractivity contribution < 1.29 is 18.7 Å². The van der Waals surface area contributed by atoms with E-state index in [0.29, 0.717) is 39.4 Å². The van der Waals surface area contributed by atoms with Gasteiger partial charge in [0.05, 0.1) is 30.4 Å². The zero-order valence-electron chi connectivity index (χ0n) is 16.4. The van der Waals surface area contributed by atoms with Crippen LogP contribution < -0.4 is 5.32 Å². The lowest BCUT2D eigenvalue weighted by atomic mass is 9.82. The summed E-state index contributed by atoms with van der Waals surface area (Å²) < 4.78 is 19.8. The maximum atomic E-state index is 14.2. The molecule has 152 valence electrons. The molecule has 0 radical (unpaired) electrons. The van der Waals surface area contributed by atoms with E-state index in [4.69, 9.17) is 4.74 Å². The molecule has 28 heavy (non-hydrogen) atoms. The topological polar surface area (TPSA) is 65.1 Å². The molecule has 0 unspecified atom stereocenters. The summed E-state index contributed by atoms with van der Waals surface area (Å²) in [7, 11) is 0. The smallest absolute Gasteiger partial charge is 0.317 e. The Labute approximate surface area is 164 Å². The van der Waals surface area contributed by atoms with E-state index in [1.807, 2.05) is 13.8 Å². The number of carbonyl (C=O) groups excluding carboxylic acids is 2. The van der Waals surface area contributed by atoms with Gasteiger partial charge in [-0.2, -0.15) is 0 Å². The van der Waals surface area contributed by atoms with E-state index >= 15 is 0 Å². The zero-order valence-corrected chi connectivity index (χ0v) is 16.4. The average molecular weight is 390 g/mol. The number of halogens is 1. The first-order valence-electron chi connectivity index (χ1n) is 9.83. The van der Waals surface area contributed by atoms with Gasteiger partial charge in [-0.05, 0) is 26.0 Å². The van der Waals surface area contributed by atoms with Crippen LogP contribution in [0.1, 0.15) is 24.2 Å². The molecular formula is C20H27FN4O3. The molecule has 4 rings (SSSR count). The Morgan fingerprint density at radius 1 is 1.21 bits per heavy atom. The van der Waals surface area contributed by atoms with Crippen molar-refractivity contribution in [3.8, 4) is 0 Å². The standard InChI is InChI=1S/C20H27FN4O3/c1-14(2)22-19(27)24-12-20(13-24)11-23(9-15-10-28-8-7-25(15)20)18(26)16-5-3-4-6-17(16)21/h3-6,14-15H,7-13H2,1-2H3,(H,22,27)/t15-/m1/s1. The third-order valence-electron chi connectivity index (χ3n) is 5.81. The third kappa shape index (κ3) is 3.35. The summed E-state index contributed by atoms with van der Waals surface area (Å²) in [5, 5.41) is 2.92. The highest BCUT2D eigenvalue weighted by Gasteiger charge is 2.56. The number of benzene rings is 1. The van der Waals surface area contributed by atoms with Gasteiger partial charge in [0.25, 0.3) is 5.91 Å². The normalized spacial score (nSPS) is 24.1. The summed E-state index contributed by atoms with van der Waals surface area (Å²) in [5.41, 5.74) is -0.196. The molecule has 0 aromatic heterocycles. The molecule has 1 aromatic carbocycles. The van der Waals surface area contributed by atoms with Crippen LogP contribution in [0.2, 0.25) is 0 Å². The Morgan fingerprint density at radius 3 is 2.64 bits per heavy atom. The van der Waals surface area contributed by atoms with Gasteiger partial charge in [-0.25, -0.2) is 9.18 Å². The molecule has 3 heterocycles. The second-order valence-electron chi connectivity index (χ2n) is 8.27. The van der Waals surface area contributed by atoms with E-state index < -0.39 is 5.82 Å². The summed E-state index contributed by atoms with van der Waals surface area (Å²) in [6.07, 6.45) is 0. The van der Waals surface area contributed by atoms with Gasteiger partial charge >= 0.3 is 6.03 Å². The van der Waals surface area contributed by atoms with Crippen molar-refractivity contribution in [2.75, 3.05) is 45.9 Å². The number of amides is 3. The van der Waals surface area contributed by atoms with Crippen molar-refractivity contribution in [2.24, 2.45) is 0 Å². The highest BCUT2D eigenvalue weighted by molar-refractivity contribution is 5.94. The molecule has 3 aliphatic heterocycles. The van der Waals surface area contributed by atoms with Gasteiger partial charge < -0.3 is 19.9 Å². The minimum absolute atomic E-state index is 0.0635. The summed E-state index contributed by atoms with van der Waals surface area (Å²) in [6.45, 7) is 7.95. The predicted octanol–water partition coefficient (Wildman–Crippen LogP) is 1.15. The number of rotatable bonds is 2. The Morgan fingerprint density at radius 2 is 1.93 bits per heavy atom. The van der Waals surface area contributed by atoms with Crippen molar-refractivity contribution in [1.82, 2.24) is 20.0 Å². The molecule has 7 nitrogen and oxygen atoms in total. The molecule has 3 aliphatic rings. The molecule has 3 fully saturated rings. The van der Waals surface area contributed by atoms with Crippen LogP contribution in [0.5, 0.6) is 0 Å². The number of fused-ring (bicyclic) bond motifs is 2. The first kappa shape index (κ1) is 19.1. The van der Waals surface area contributed by atoms with Crippen molar-refractivity contribution in [1.29, 1.82) is 0 Å². The minimum Gasteiger partial charge on any atom is -0.378 e. The lowest BCUT2D eigenvalue weighted by molar-refractivity contribution is -0.147. The summed E-state index contributed by atoms with van der Waals surface area (Å²) in [5.74, 6) is -0.803. The van der Waals surface area contributed by atoms with Gasteiger partial charge in [0.15, 0.2) is 0 Å². The lowest BCUT2D eigenvalue weighted by Crippen LogP contribution is -2.82. The molecule has 3 amide bonds. The maximum absolute atomic E-state index is 14.2. The summed E-state index contributed by atoms with van der Waals surface area (Å²) in [4.78, 5) is 31.3. The second-order valence-corrected chi connectivity index (χ2v) is 8.27. The Hall–Kier alpha value is -2.19. The quantitative estimate of drug-likeness (QED) is 0.823. The van der Waals surface area contributed by atoms with Crippen molar-refractivity contribution in [2.45, 2.75) is 31.5 Å². The highest BCUT2D eigenvalue weighted by Crippen LogP contribution is 2.36. The van der Waals surface area contributed by atoms with Crippen LogP contribution in [0.3, 0.4) is 0 Å². The van der Waals surface area contributed by atoms with Crippen LogP contribution in [0.4, 0.5) is 9.18 Å². The second kappa shape index (κ2) is 7.33. The zero-order chi connectivity index (χ0) is 19.9. The SMILES string of the molecule is CC(C)NC(=O)N1CC2(C1)CN(C(=O)c1ccccc1F)C[C@@H]1COCCN12. The fourth-order valence-electron chi connectivity index (χ4n) is 4.58. The van der Waals surface area contributed by atoms with Crippen LogP contribution in [0.25, 0.3) is 0 Å². The van der Waals surface area contributed by atoms with Gasteiger partial charge in [-0.15, -0.1) is 0 Å². The van der Waals surface area contributed by atoms with E-state index in [2.05, 4.69) is 10.2 Å². The van der Waals surface area contributed by atoms with E-state index in [1.54, 1.807) is 21.9 Å². The van der Waals surface area contributed by atoms with Gasteiger partial charge in [0, 0.05) is 38.8 Å². The van der Waals surface area contributed by atoms with Crippen molar-refractivity contribution in [3.63, 3.8) is 0 Å². The van der Waals surface area contributed by atoms with Gasteiger partial charge in [0.2, 0.25) is 0 Å². The van der Waals surface area contributed by atoms with Crippen LogP contribution in [0.15, 0.2) is 24.3 Å². The van der Waals surface area contributed by atoms with Gasteiger partial charge in [-0.1, -0.05) is 12.1 Å². The number of morpholine rings is 1. The molecule has 0 bridgehead atoms. The molecule has 1 N–H and O–H groups in total. The summed E-state index contributed by atoms with van der Waals surface area (Å²) in [6, 6.07) is 6.15. The number of carbonyl (C=O) groups is 2. The molecule has 1 spiro atoms. The minimum atomic E-state index is -0.504. The number of ether oxygens (including phenoxy) is 1. The number of hydrogen-bond acceptors (Lipinski definition) is 4. The molecular weight excluding hydrogens is 363 g/mol. The van der Waals surface area contributed by atoms with Crippen molar-refractivity contribution in [3.05, 3.63) is 35.6 Å². The number of nitrogens with one attached hydrogen (secondary N) is 1. The molecule has 0 aliphatic carbocycles. The van der Waals surface area contributed by atoms with E-state index in [1.165, 1.54) is 12.1 Å². The molecule has 0 saturated carbocycles. The van der Waals surface area contributed by atoms with Crippen LogP contribution in [-0.4, -0.2) is 90.2 Å². The highest BCUT2D eigenvalue weighted by atomic mass is 19.1. The van der Waals surface area contributed by atoms with Crippen LogP contribution in [0, 0.1) is 5.82 Å². The fraction of sp³-hybridized carbons (Fsp3) is 0.600. The Kier molecular flexibility index (Phi) is 5.01.